The van der Waals surface area contributed by atoms with Gasteiger partial charge in [0.15, 0.2) is 0 Å². The summed E-state index contributed by atoms with van der Waals surface area (Å²) in [4.78, 5) is 0. The van der Waals surface area contributed by atoms with Crippen LogP contribution in [0.4, 0.5) is 0 Å². The van der Waals surface area contributed by atoms with Gasteiger partial charge in [-0.15, -0.1) is 0 Å². The zero-order valence-corrected chi connectivity index (χ0v) is 7.55. The molecule has 1 fully saturated rings. The monoisotopic (exact) mass is 156 g/mol. The summed E-state index contributed by atoms with van der Waals surface area (Å²) in [5.41, 5.74) is 0. The minimum absolute atomic E-state index is 0.0191. The highest BCUT2D eigenvalue weighted by Gasteiger charge is 2.18. The third-order valence-corrected chi connectivity index (χ3v) is 2.72. The van der Waals surface area contributed by atoms with E-state index in [1.807, 2.05) is 0 Å². The third-order valence-electron chi connectivity index (χ3n) is 2.72. The summed E-state index contributed by atoms with van der Waals surface area (Å²) >= 11 is 0. The van der Waals surface area contributed by atoms with Crippen molar-refractivity contribution in [3.05, 3.63) is 0 Å². The number of hydrogen-bond acceptors (Lipinski definition) is 1. The van der Waals surface area contributed by atoms with Crippen LogP contribution in [0.2, 0.25) is 0 Å². The molecule has 0 unspecified atom stereocenters. The lowest BCUT2D eigenvalue weighted by Crippen LogP contribution is -2.19. The molecule has 1 nitrogen and oxygen atoms in total. The standard InChI is InChI=1S/C10H20O/c1-2-3-5-9-6-4-7-10(11)8-9/h9-11H,2-8H2,1H3/t9-,10+/m1/s1. The van der Waals surface area contributed by atoms with Crippen molar-refractivity contribution >= 4 is 0 Å². The van der Waals surface area contributed by atoms with Gasteiger partial charge >= 0.3 is 0 Å². The van der Waals surface area contributed by atoms with Crippen LogP contribution in [0.15, 0.2) is 0 Å². The molecular formula is C10H20O. The Morgan fingerprint density at radius 3 is 2.82 bits per heavy atom. The fourth-order valence-electron chi connectivity index (χ4n) is 2.02. The van der Waals surface area contributed by atoms with Crippen molar-refractivity contribution in [2.75, 3.05) is 0 Å². The quantitative estimate of drug-likeness (QED) is 0.666. The van der Waals surface area contributed by atoms with Gasteiger partial charge in [0, 0.05) is 0 Å². The van der Waals surface area contributed by atoms with Gasteiger partial charge in [-0.2, -0.15) is 0 Å². The first-order valence-corrected chi connectivity index (χ1v) is 5.01. The Balaban J connectivity index is 2.12. The molecule has 0 heterocycles. The fraction of sp³-hybridized carbons (Fsp3) is 1.00. The first-order chi connectivity index (χ1) is 5.33. The van der Waals surface area contributed by atoms with Crippen LogP contribution in [0.1, 0.15) is 51.9 Å². The van der Waals surface area contributed by atoms with Crippen molar-refractivity contribution in [2.45, 2.75) is 58.0 Å². The number of unbranched alkanes of at least 4 members (excludes halogenated alkanes) is 1. The topological polar surface area (TPSA) is 20.2 Å². The molecule has 11 heavy (non-hydrogen) atoms. The number of aliphatic hydroxyl groups is 1. The van der Waals surface area contributed by atoms with Gasteiger partial charge in [0.2, 0.25) is 0 Å². The lowest BCUT2D eigenvalue weighted by atomic mass is 9.84. The Labute approximate surface area is 69.8 Å². The normalized spacial score (nSPS) is 32.2. The van der Waals surface area contributed by atoms with Gasteiger partial charge in [-0.1, -0.05) is 39.0 Å². The summed E-state index contributed by atoms with van der Waals surface area (Å²) in [6.45, 7) is 2.24. The van der Waals surface area contributed by atoms with Crippen molar-refractivity contribution in [2.24, 2.45) is 5.92 Å². The van der Waals surface area contributed by atoms with Crippen molar-refractivity contribution in [1.29, 1.82) is 0 Å². The first-order valence-electron chi connectivity index (χ1n) is 5.01. The Morgan fingerprint density at radius 1 is 1.36 bits per heavy atom. The number of hydrogen-bond donors (Lipinski definition) is 1. The molecule has 2 atom stereocenters. The predicted molar refractivity (Wildman–Crippen MR) is 47.5 cm³/mol. The Morgan fingerprint density at radius 2 is 2.18 bits per heavy atom. The van der Waals surface area contributed by atoms with Crippen LogP contribution in [-0.2, 0) is 0 Å². The van der Waals surface area contributed by atoms with Gasteiger partial charge in [-0.25, -0.2) is 0 Å². The fourth-order valence-corrected chi connectivity index (χ4v) is 2.02. The largest absolute Gasteiger partial charge is 0.393 e. The van der Waals surface area contributed by atoms with E-state index in [1.54, 1.807) is 0 Å². The highest BCUT2D eigenvalue weighted by Crippen LogP contribution is 2.27. The summed E-state index contributed by atoms with van der Waals surface area (Å²) in [6.07, 6.45) is 8.72. The zero-order chi connectivity index (χ0) is 8.10. The molecule has 0 aromatic carbocycles. The molecule has 0 saturated heterocycles. The molecule has 1 saturated carbocycles. The smallest absolute Gasteiger partial charge is 0.0542 e. The Kier molecular flexibility index (Phi) is 3.92. The summed E-state index contributed by atoms with van der Waals surface area (Å²) < 4.78 is 0. The predicted octanol–water partition coefficient (Wildman–Crippen LogP) is 2.73. The van der Waals surface area contributed by atoms with Gasteiger partial charge < -0.3 is 5.11 Å². The molecule has 0 amide bonds. The van der Waals surface area contributed by atoms with Crippen molar-refractivity contribution in [1.82, 2.24) is 0 Å². The molecular weight excluding hydrogens is 136 g/mol. The molecule has 0 aromatic rings. The molecule has 1 aliphatic carbocycles. The average Bonchev–Trinajstić information content (AvgIpc) is 2.01. The van der Waals surface area contributed by atoms with E-state index in [4.69, 9.17) is 0 Å². The summed E-state index contributed by atoms with van der Waals surface area (Å²) in [7, 11) is 0. The number of aliphatic hydroxyl groups excluding tert-OH is 1. The van der Waals surface area contributed by atoms with E-state index >= 15 is 0 Å². The second-order valence-electron chi connectivity index (χ2n) is 3.83. The summed E-state index contributed by atoms with van der Waals surface area (Å²) in [5.74, 6) is 0.832. The maximum atomic E-state index is 9.38. The van der Waals surface area contributed by atoms with Gasteiger partial charge in [-0.05, 0) is 18.8 Å². The van der Waals surface area contributed by atoms with Crippen molar-refractivity contribution < 1.29 is 5.11 Å². The maximum absolute atomic E-state index is 9.38. The highest BCUT2D eigenvalue weighted by atomic mass is 16.3. The zero-order valence-electron chi connectivity index (χ0n) is 7.55. The second-order valence-corrected chi connectivity index (χ2v) is 3.83. The van der Waals surface area contributed by atoms with Gasteiger partial charge in [0.25, 0.3) is 0 Å². The van der Waals surface area contributed by atoms with E-state index in [1.165, 1.54) is 32.1 Å². The highest BCUT2D eigenvalue weighted by molar-refractivity contribution is 4.71. The van der Waals surface area contributed by atoms with E-state index in [0.29, 0.717) is 0 Å². The van der Waals surface area contributed by atoms with Crippen LogP contribution in [-0.4, -0.2) is 11.2 Å². The van der Waals surface area contributed by atoms with Crippen LogP contribution < -0.4 is 0 Å². The average molecular weight is 156 g/mol. The van der Waals surface area contributed by atoms with E-state index < -0.39 is 0 Å². The first kappa shape index (κ1) is 9.05. The second kappa shape index (κ2) is 4.76. The van der Waals surface area contributed by atoms with E-state index in [0.717, 1.165) is 18.8 Å². The maximum Gasteiger partial charge on any atom is 0.0542 e. The molecule has 0 bridgehead atoms. The van der Waals surface area contributed by atoms with E-state index in [9.17, 15) is 5.11 Å². The molecule has 1 rings (SSSR count). The lowest BCUT2D eigenvalue weighted by molar-refractivity contribution is 0.0975. The minimum atomic E-state index is 0.0191. The SMILES string of the molecule is CCCC[C@@H]1CCC[C@H](O)C1. The van der Waals surface area contributed by atoms with E-state index in [2.05, 4.69) is 6.92 Å². The van der Waals surface area contributed by atoms with Crippen LogP contribution >= 0.6 is 0 Å². The summed E-state index contributed by atoms with van der Waals surface area (Å²) in [5, 5.41) is 9.38. The molecule has 66 valence electrons. The molecule has 0 spiro atoms. The molecule has 0 aromatic heterocycles. The lowest BCUT2D eigenvalue weighted by Gasteiger charge is -2.25. The molecule has 1 aliphatic rings. The van der Waals surface area contributed by atoms with Crippen molar-refractivity contribution in [3.63, 3.8) is 0 Å². The molecule has 0 aliphatic heterocycles. The van der Waals surface area contributed by atoms with Crippen LogP contribution in [0, 0.1) is 5.92 Å². The third kappa shape index (κ3) is 3.24. The number of rotatable bonds is 3. The Bertz CT molecular complexity index is 101. The van der Waals surface area contributed by atoms with Crippen LogP contribution in [0.25, 0.3) is 0 Å². The van der Waals surface area contributed by atoms with Gasteiger partial charge in [0.05, 0.1) is 6.10 Å². The van der Waals surface area contributed by atoms with Crippen LogP contribution in [0.3, 0.4) is 0 Å². The van der Waals surface area contributed by atoms with Gasteiger partial charge in [-0.3, -0.25) is 0 Å². The molecule has 0 radical (unpaired) electrons. The summed E-state index contributed by atoms with van der Waals surface area (Å²) in [6, 6.07) is 0. The van der Waals surface area contributed by atoms with Crippen molar-refractivity contribution in [3.8, 4) is 0 Å². The van der Waals surface area contributed by atoms with E-state index in [-0.39, 0.29) is 6.10 Å². The molecule has 1 heteroatoms. The van der Waals surface area contributed by atoms with Gasteiger partial charge in [0.1, 0.15) is 0 Å². The Hall–Kier alpha value is -0.0400. The van der Waals surface area contributed by atoms with Crippen LogP contribution in [0.5, 0.6) is 0 Å². The minimum Gasteiger partial charge on any atom is -0.393 e. The molecule has 1 N–H and O–H groups in total.